The van der Waals surface area contributed by atoms with Crippen LogP contribution < -0.4 is 0 Å². The fourth-order valence-electron chi connectivity index (χ4n) is 3.88. The third-order valence-electron chi connectivity index (χ3n) is 5.69. The lowest BCUT2D eigenvalue weighted by Crippen LogP contribution is -2.33. The summed E-state index contributed by atoms with van der Waals surface area (Å²) in [5, 5.41) is 11.0. The van der Waals surface area contributed by atoms with Crippen molar-refractivity contribution in [1.29, 1.82) is 0 Å². The second-order valence-corrected chi connectivity index (χ2v) is 9.71. The molecule has 1 heterocycles. The third kappa shape index (κ3) is 4.08. The van der Waals surface area contributed by atoms with Crippen molar-refractivity contribution in [1.82, 2.24) is 0 Å². The molecule has 0 fully saturated rings. The minimum atomic E-state index is -0.915. The minimum Gasteiger partial charge on any atom is -0.478 e. The number of hydrogen-bond donors (Lipinski definition) is 1. The van der Waals surface area contributed by atoms with Crippen molar-refractivity contribution in [3.63, 3.8) is 0 Å². The van der Waals surface area contributed by atoms with Crippen LogP contribution in [0.2, 0.25) is 0 Å². The van der Waals surface area contributed by atoms with Gasteiger partial charge in [-0.25, -0.2) is 4.79 Å². The van der Waals surface area contributed by atoms with Crippen LogP contribution in [0.15, 0.2) is 47.4 Å². The van der Waals surface area contributed by atoms with Gasteiger partial charge in [-0.15, -0.1) is 11.3 Å². The van der Waals surface area contributed by atoms with E-state index in [4.69, 9.17) is 5.11 Å². The number of allylic oxidation sites excluding steroid dienone is 2. The number of rotatable bonds is 4. The Morgan fingerprint density at radius 2 is 1.74 bits per heavy atom. The maximum Gasteiger partial charge on any atom is 0.328 e. The Balaban J connectivity index is 2.02. The highest BCUT2D eigenvalue weighted by Crippen LogP contribution is 2.47. The largest absolute Gasteiger partial charge is 0.478 e. The summed E-state index contributed by atoms with van der Waals surface area (Å²) in [6, 6.07) is 9.03. The van der Waals surface area contributed by atoms with E-state index in [-0.39, 0.29) is 10.8 Å². The summed E-state index contributed by atoms with van der Waals surface area (Å²) in [5.74, 6) is -0.915. The second-order valence-electron chi connectivity index (χ2n) is 8.79. The summed E-state index contributed by atoms with van der Waals surface area (Å²) < 4.78 is 0. The molecule has 0 radical (unpaired) electrons. The fourth-order valence-corrected chi connectivity index (χ4v) is 4.77. The summed E-state index contributed by atoms with van der Waals surface area (Å²) >= 11 is 1.73. The molecule has 0 saturated carbocycles. The molecule has 2 nitrogen and oxygen atoms in total. The minimum absolute atomic E-state index is 0.189. The predicted octanol–water partition coefficient (Wildman–Crippen LogP) is 6.81. The van der Waals surface area contributed by atoms with Gasteiger partial charge < -0.3 is 5.11 Å². The number of fused-ring (bicyclic) bond motifs is 1. The monoisotopic (exact) mass is 380 g/mol. The SMILES string of the molecule is CC(/C=C/c1ccsc1-c1ccc2c(c1)C(C)(C)CCC2(C)C)=C\C(=O)O. The average Bonchev–Trinajstić information content (AvgIpc) is 3.05. The number of aliphatic carboxylic acids is 1. The van der Waals surface area contributed by atoms with Gasteiger partial charge in [0.2, 0.25) is 0 Å². The van der Waals surface area contributed by atoms with E-state index >= 15 is 0 Å². The number of thiophene rings is 1. The van der Waals surface area contributed by atoms with Crippen molar-refractivity contribution in [3.05, 3.63) is 64.1 Å². The molecule has 1 aliphatic rings. The highest BCUT2D eigenvalue weighted by Gasteiger charge is 2.37. The van der Waals surface area contributed by atoms with Crippen molar-refractivity contribution in [2.75, 3.05) is 0 Å². The molecular weight excluding hydrogens is 352 g/mol. The van der Waals surface area contributed by atoms with Crippen LogP contribution in [0.5, 0.6) is 0 Å². The number of benzene rings is 1. The van der Waals surface area contributed by atoms with E-state index in [0.29, 0.717) is 0 Å². The molecule has 0 saturated heterocycles. The van der Waals surface area contributed by atoms with Crippen LogP contribution in [0.1, 0.15) is 64.2 Å². The lowest BCUT2D eigenvalue weighted by molar-refractivity contribution is -0.131. The van der Waals surface area contributed by atoms with E-state index in [0.717, 1.165) is 11.1 Å². The van der Waals surface area contributed by atoms with Crippen molar-refractivity contribution >= 4 is 23.4 Å². The highest BCUT2D eigenvalue weighted by molar-refractivity contribution is 7.13. The highest BCUT2D eigenvalue weighted by atomic mass is 32.1. The third-order valence-corrected chi connectivity index (χ3v) is 6.67. The van der Waals surface area contributed by atoms with E-state index in [2.05, 4.69) is 57.3 Å². The smallest absolute Gasteiger partial charge is 0.328 e. The Kier molecular flexibility index (Phi) is 5.18. The van der Waals surface area contributed by atoms with Gasteiger partial charge in [-0.2, -0.15) is 0 Å². The summed E-state index contributed by atoms with van der Waals surface area (Å²) in [6.07, 6.45) is 7.52. The Morgan fingerprint density at radius 3 is 2.41 bits per heavy atom. The Hall–Kier alpha value is -2.13. The van der Waals surface area contributed by atoms with Crippen LogP contribution in [0.25, 0.3) is 16.5 Å². The average molecular weight is 381 g/mol. The van der Waals surface area contributed by atoms with Crippen molar-refractivity contribution < 1.29 is 9.90 Å². The Morgan fingerprint density at radius 1 is 1.07 bits per heavy atom. The van der Waals surface area contributed by atoms with Gasteiger partial charge in [0.15, 0.2) is 0 Å². The summed E-state index contributed by atoms with van der Waals surface area (Å²) in [4.78, 5) is 12.0. The second kappa shape index (κ2) is 7.12. The molecule has 1 aliphatic carbocycles. The number of carboxylic acids is 1. The molecule has 0 unspecified atom stereocenters. The molecule has 2 aromatic rings. The molecule has 0 bridgehead atoms. The lowest BCUT2D eigenvalue weighted by atomic mass is 9.63. The first-order chi connectivity index (χ1) is 12.6. The first-order valence-electron chi connectivity index (χ1n) is 9.42. The lowest BCUT2D eigenvalue weighted by Gasteiger charge is -2.42. The summed E-state index contributed by atoms with van der Waals surface area (Å²) in [6.45, 7) is 11.2. The van der Waals surface area contributed by atoms with Gasteiger partial charge >= 0.3 is 5.97 Å². The topological polar surface area (TPSA) is 37.3 Å². The first kappa shape index (κ1) is 19.6. The summed E-state index contributed by atoms with van der Waals surface area (Å²) in [7, 11) is 0. The van der Waals surface area contributed by atoms with E-state index in [1.54, 1.807) is 18.3 Å². The van der Waals surface area contributed by atoms with Crippen LogP contribution in [-0.2, 0) is 15.6 Å². The van der Waals surface area contributed by atoms with Gasteiger partial charge in [-0.1, -0.05) is 52.0 Å². The van der Waals surface area contributed by atoms with Crippen LogP contribution in [-0.4, -0.2) is 11.1 Å². The molecule has 142 valence electrons. The molecule has 1 aromatic heterocycles. The van der Waals surface area contributed by atoms with Crippen molar-refractivity contribution in [3.8, 4) is 10.4 Å². The molecule has 3 heteroatoms. The van der Waals surface area contributed by atoms with Crippen LogP contribution in [0, 0.1) is 0 Å². The van der Waals surface area contributed by atoms with E-state index in [1.165, 1.54) is 40.5 Å². The molecule has 1 N–H and O–H groups in total. The molecule has 3 rings (SSSR count). The van der Waals surface area contributed by atoms with Gasteiger partial charge in [-0.05, 0) is 75.9 Å². The molecule has 27 heavy (non-hydrogen) atoms. The molecular formula is C24H28O2S. The zero-order chi connectivity index (χ0) is 19.8. The molecule has 0 atom stereocenters. The maximum absolute atomic E-state index is 10.8. The van der Waals surface area contributed by atoms with E-state index < -0.39 is 5.97 Å². The maximum atomic E-state index is 10.8. The van der Waals surface area contributed by atoms with Crippen LogP contribution in [0.3, 0.4) is 0 Å². The molecule has 0 spiro atoms. The number of carboxylic acid groups (broad SMARTS) is 1. The first-order valence-corrected chi connectivity index (χ1v) is 10.3. The number of hydrogen-bond acceptors (Lipinski definition) is 2. The molecule has 0 aliphatic heterocycles. The van der Waals surface area contributed by atoms with Crippen LogP contribution in [0.4, 0.5) is 0 Å². The molecule has 1 aromatic carbocycles. The quantitative estimate of drug-likeness (QED) is 0.467. The van der Waals surface area contributed by atoms with E-state index in [9.17, 15) is 4.79 Å². The van der Waals surface area contributed by atoms with Gasteiger partial charge in [0.05, 0.1) is 0 Å². The van der Waals surface area contributed by atoms with Gasteiger partial charge in [0.1, 0.15) is 0 Å². The zero-order valence-electron chi connectivity index (χ0n) is 16.8. The standard InChI is InChI=1S/C24H28O2S/c1-16(14-21(25)26)6-7-17-10-13-27-22(17)18-8-9-19-20(15-18)24(4,5)12-11-23(19,2)3/h6-10,13-15H,11-12H2,1-5H3,(H,25,26)/b7-6+,16-14+. The Labute approximate surface area is 166 Å². The predicted molar refractivity (Wildman–Crippen MR) is 115 cm³/mol. The van der Waals surface area contributed by atoms with Gasteiger partial charge in [0.25, 0.3) is 0 Å². The van der Waals surface area contributed by atoms with Crippen molar-refractivity contribution in [2.45, 2.75) is 58.3 Å². The van der Waals surface area contributed by atoms with Gasteiger partial charge in [-0.3, -0.25) is 0 Å². The van der Waals surface area contributed by atoms with E-state index in [1.807, 2.05) is 12.2 Å². The van der Waals surface area contributed by atoms with Crippen LogP contribution >= 0.6 is 11.3 Å². The Bertz CT molecular complexity index is 926. The fraction of sp³-hybridized carbons (Fsp3) is 0.375. The molecule has 0 amide bonds. The normalized spacial score (nSPS) is 18.5. The summed E-state index contributed by atoms with van der Waals surface area (Å²) in [5.41, 5.74) is 6.45. The van der Waals surface area contributed by atoms with Gasteiger partial charge in [0, 0.05) is 11.0 Å². The number of carbonyl (C=O) groups is 1. The van der Waals surface area contributed by atoms with Crippen molar-refractivity contribution in [2.24, 2.45) is 0 Å². The zero-order valence-corrected chi connectivity index (χ0v) is 17.6.